The first-order valence-corrected chi connectivity index (χ1v) is 4.41. The molecular formula is C11H16NO+. The summed E-state index contributed by atoms with van der Waals surface area (Å²) in [7, 11) is 1.94. The molecule has 70 valence electrons. The highest BCUT2D eigenvalue weighted by atomic mass is 16.1. The summed E-state index contributed by atoms with van der Waals surface area (Å²) in [4.78, 5) is 11.8. The third-order valence-corrected chi connectivity index (χ3v) is 1.92. The van der Waals surface area contributed by atoms with E-state index in [1.54, 1.807) is 0 Å². The Hall–Kier alpha value is -1.18. The Morgan fingerprint density at radius 3 is 2.08 bits per heavy atom. The molecule has 0 spiro atoms. The van der Waals surface area contributed by atoms with Gasteiger partial charge >= 0.3 is 0 Å². The first kappa shape index (κ1) is 9.90. The first-order chi connectivity index (χ1) is 5.91. The minimum atomic E-state index is -0.292. The van der Waals surface area contributed by atoms with Crippen LogP contribution in [0.5, 0.6) is 0 Å². The van der Waals surface area contributed by atoms with Gasteiger partial charge in [-0.2, -0.15) is 0 Å². The molecule has 1 heterocycles. The van der Waals surface area contributed by atoms with Gasteiger partial charge in [0.1, 0.15) is 7.05 Å². The van der Waals surface area contributed by atoms with Crippen LogP contribution in [0.3, 0.4) is 0 Å². The zero-order valence-corrected chi connectivity index (χ0v) is 8.66. The van der Waals surface area contributed by atoms with Gasteiger partial charge in [-0.05, 0) is 0 Å². The number of ketones is 1. The van der Waals surface area contributed by atoms with Gasteiger partial charge < -0.3 is 0 Å². The van der Waals surface area contributed by atoms with Gasteiger partial charge in [0.2, 0.25) is 0 Å². The second-order valence-corrected chi connectivity index (χ2v) is 4.33. The van der Waals surface area contributed by atoms with E-state index in [0.29, 0.717) is 0 Å². The summed E-state index contributed by atoms with van der Waals surface area (Å²) >= 11 is 0. The van der Waals surface area contributed by atoms with E-state index < -0.39 is 0 Å². The molecular weight excluding hydrogens is 162 g/mol. The van der Waals surface area contributed by atoms with E-state index in [0.717, 1.165) is 5.56 Å². The summed E-state index contributed by atoms with van der Waals surface area (Å²) < 4.78 is 1.92. The van der Waals surface area contributed by atoms with Gasteiger partial charge in [-0.25, -0.2) is 4.57 Å². The second-order valence-electron chi connectivity index (χ2n) is 4.33. The predicted molar refractivity (Wildman–Crippen MR) is 51.4 cm³/mol. The Bertz CT molecular complexity index is 306. The van der Waals surface area contributed by atoms with Crippen LogP contribution in [0.4, 0.5) is 0 Å². The van der Waals surface area contributed by atoms with Crippen LogP contribution < -0.4 is 4.57 Å². The molecule has 0 aromatic carbocycles. The van der Waals surface area contributed by atoms with Crippen LogP contribution in [-0.4, -0.2) is 5.78 Å². The highest BCUT2D eigenvalue weighted by molar-refractivity contribution is 5.99. The van der Waals surface area contributed by atoms with Gasteiger partial charge in [-0.1, -0.05) is 20.8 Å². The zero-order chi connectivity index (χ0) is 10.1. The fourth-order valence-electron chi connectivity index (χ4n) is 1.09. The molecule has 0 saturated carbocycles. The molecule has 0 aliphatic carbocycles. The Kier molecular flexibility index (Phi) is 2.50. The molecule has 0 aliphatic heterocycles. The van der Waals surface area contributed by atoms with Crippen molar-refractivity contribution in [2.45, 2.75) is 20.8 Å². The maximum absolute atomic E-state index is 11.8. The zero-order valence-electron chi connectivity index (χ0n) is 8.66. The lowest BCUT2D eigenvalue weighted by molar-refractivity contribution is -0.671. The molecule has 13 heavy (non-hydrogen) atoms. The van der Waals surface area contributed by atoms with E-state index >= 15 is 0 Å². The summed E-state index contributed by atoms with van der Waals surface area (Å²) in [6, 6.07) is 3.71. The number of Topliss-reactive ketones (excluding diaryl/α,β-unsaturated/α-hetero) is 1. The largest absolute Gasteiger partial charge is 0.294 e. The maximum atomic E-state index is 11.8. The molecule has 1 aromatic heterocycles. The summed E-state index contributed by atoms with van der Waals surface area (Å²) in [5.41, 5.74) is 0.491. The highest BCUT2D eigenvalue weighted by Crippen LogP contribution is 2.19. The van der Waals surface area contributed by atoms with Crippen molar-refractivity contribution in [3.05, 3.63) is 30.1 Å². The Labute approximate surface area is 79.2 Å². The number of aryl methyl sites for hydroxylation is 1. The number of rotatable bonds is 1. The number of hydrogen-bond acceptors (Lipinski definition) is 1. The first-order valence-electron chi connectivity index (χ1n) is 4.41. The second kappa shape index (κ2) is 3.29. The number of nitrogens with zero attached hydrogens (tertiary/aromatic N) is 1. The average molecular weight is 178 g/mol. The van der Waals surface area contributed by atoms with Crippen molar-refractivity contribution < 1.29 is 9.36 Å². The molecule has 0 fully saturated rings. The van der Waals surface area contributed by atoms with Gasteiger partial charge in [0, 0.05) is 23.1 Å². The summed E-state index contributed by atoms with van der Waals surface area (Å²) in [5.74, 6) is 0.188. The smallest absolute Gasteiger partial charge is 0.169 e. The van der Waals surface area contributed by atoms with Crippen molar-refractivity contribution in [1.29, 1.82) is 0 Å². The summed E-state index contributed by atoms with van der Waals surface area (Å²) in [6.45, 7) is 5.80. The summed E-state index contributed by atoms with van der Waals surface area (Å²) in [5, 5.41) is 0. The van der Waals surface area contributed by atoms with Crippen LogP contribution >= 0.6 is 0 Å². The van der Waals surface area contributed by atoms with Gasteiger partial charge in [0.15, 0.2) is 18.2 Å². The van der Waals surface area contributed by atoms with Crippen LogP contribution in [-0.2, 0) is 7.05 Å². The molecule has 0 radical (unpaired) electrons. The van der Waals surface area contributed by atoms with Crippen molar-refractivity contribution in [2.24, 2.45) is 12.5 Å². The average Bonchev–Trinajstić information content (AvgIpc) is 2.03. The molecule has 2 nitrogen and oxygen atoms in total. The minimum Gasteiger partial charge on any atom is -0.294 e. The predicted octanol–water partition coefficient (Wildman–Crippen LogP) is 1.74. The summed E-state index contributed by atoms with van der Waals surface area (Å²) in [6.07, 6.45) is 3.78. The van der Waals surface area contributed by atoms with E-state index in [1.165, 1.54) is 0 Å². The molecule has 0 bridgehead atoms. The van der Waals surface area contributed by atoms with Crippen molar-refractivity contribution in [3.63, 3.8) is 0 Å². The molecule has 0 amide bonds. The fourth-order valence-corrected chi connectivity index (χ4v) is 1.09. The third-order valence-electron chi connectivity index (χ3n) is 1.92. The fraction of sp³-hybridized carbons (Fsp3) is 0.455. The van der Waals surface area contributed by atoms with Crippen molar-refractivity contribution in [3.8, 4) is 0 Å². The molecule has 1 aromatic rings. The Balaban J connectivity index is 2.97. The lowest BCUT2D eigenvalue weighted by Crippen LogP contribution is -2.28. The van der Waals surface area contributed by atoms with Gasteiger partial charge in [-0.3, -0.25) is 4.79 Å². The van der Waals surface area contributed by atoms with E-state index in [2.05, 4.69) is 0 Å². The Morgan fingerprint density at radius 2 is 1.69 bits per heavy atom. The Morgan fingerprint density at radius 1 is 1.23 bits per heavy atom. The number of carbonyl (C=O) groups excluding carboxylic acids is 1. The van der Waals surface area contributed by atoms with Crippen molar-refractivity contribution in [2.75, 3.05) is 0 Å². The van der Waals surface area contributed by atoms with Crippen molar-refractivity contribution in [1.82, 2.24) is 0 Å². The van der Waals surface area contributed by atoms with Crippen molar-refractivity contribution >= 4 is 5.78 Å². The SMILES string of the molecule is C[n+]1ccc(C(=O)C(C)(C)C)cc1. The van der Waals surface area contributed by atoms with E-state index in [-0.39, 0.29) is 11.2 Å². The van der Waals surface area contributed by atoms with Gasteiger partial charge in [0.05, 0.1) is 0 Å². The van der Waals surface area contributed by atoms with Crippen LogP contribution in [0.1, 0.15) is 31.1 Å². The minimum absolute atomic E-state index is 0.188. The van der Waals surface area contributed by atoms with Crippen LogP contribution in [0.15, 0.2) is 24.5 Å². The molecule has 0 saturated heterocycles. The number of carbonyl (C=O) groups is 1. The highest BCUT2D eigenvalue weighted by Gasteiger charge is 2.22. The normalized spacial score (nSPS) is 11.4. The van der Waals surface area contributed by atoms with Crippen LogP contribution in [0.25, 0.3) is 0 Å². The molecule has 0 atom stereocenters. The molecule has 0 unspecified atom stereocenters. The van der Waals surface area contributed by atoms with Crippen LogP contribution in [0, 0.1) is 5.41 Å². The quantitative estimate of drug-likeness (QED) is 0.474. The topological polar surface area (TPSA) is 20.9 Å². The number of pyridine rings is 1. The van der Waals surface area contributed by atoms with E-state index in [9.17, 15) is 4.79 Å². The van der Waals surface area contributed by atoms with E-state index in [4.69, 9.17) is 0 Å². The van der Waals surface area contributed by atoms with Gasteiger partial charge in [0.25, 0.3) is 0 Å². The van der Waals surface area contributed by atoms with Gasteiger partial charge in [-0.15, -0.1) is 0 Å². The lowest BCUT2D eigenvalue weighted by atomic mass is 9.87. The maximum Gasteiger partial charge on any atom is 0.169 e. The molecule has 0 aliphatic rings. The molecule has 1 rings (SSSR count). The molecule has 2 heteroatoms. The third kappa shape index (κ3) is 2.38. The standard InChI is InChI=1S/C11H16NO/c1-11(2,3)10(13)9-5-7-12(4)8-6-9/h5-8H,1-4H3/q+1. The monoisotopic (exact) mass is 178 g/mol. The number of aromatic nitrogens is 1. The number of hydrogen-bond donors (Lipinski definition) is 0. The van der Waals surface area contributed by atoms with E-state index in [1.807, 2.05) is 56.9 Å². The lowest BCUT2D eigenvalue weighted by Gasteiger charge is -2.15. The molecule has 0 N–H and O–H groups in total. The van der Waals surface area contributed by atoms with Crippen LogP contribution in [0.2, 0.25) is 0 Å².